The van der Waals surface area contributed by atoms with Gasteiger partial charge in [0, 0.05) is 19.1 Å². The molecule has 0 N–H and O–H groups in total. The number of carbonyl (C=O) groups excluding carboxylic acids is 1. The van der Waals surface area contributed by atoms with Crippen LogP contribution in [0.5, 0.6) is 11.5 Å². The maximum Gasteiger partial charge on any atom is 0.191 e. The highest BCUT2D eigenvalue weighted by Gasteiger charge is 2.37. The van der Waals surface area contributed by atoms with Gasteiger partial charge in [-0.1, -0.05) is 20.8 Å². The van der Waals surface area contributed by atoms with E-state index in [0.717, 1.165) is 0 Å². The van der Waals surface area contributed by atoms with Crippen molar-refractivity contribution in [1.29, 1.82) is 0 Å². The van der Waals surface area contributed by atoms with Crippen molar-refractivity contribution in [2.24, 2.45) is 0 Å². The smallest absolute Gasteiger partial charge is 0.191 e. The number of hydrogen-bond acceptors (Lipinski definition) is 4. The Morgan fingerprint density at radius 1 is 1.14 bits per heavy atom. The third-order valence-electron chi connectivity index (χ3n) is 4.31. The van der Waals surface area contributed by atoms with Crippen LogP contribution in [0, 0.1) is 0 Å². The highest BCUT2D eigenvalue weighted by Crippen LogP contribution is 2.36. The first kappa shape index (κ1) is 18.7. The molecule has 124 valence electrons. The zero-order valence-corrected chi connectivity index (χ0v) is 15.8. The van der Waals surface area contributed by atoms with Crippen molar-refractivity contribution < 1.29 is 18.7 Å². The van der Waals surface area contributed by atoms with Crippen molar-refractivity contribution in [2.75, 3.05) is 20.8 Å². The van der Waals surface area contributed by atoms with Crippen molar-refractivity contribution >= 4 is 14.1 Å². The first-order chi connectivity index (χ1) is 10.1. The lowest BCUT2D eigenvalue weighted by atomic mass is 10.1. The van der Waals surface area contributed by atoms with Gasteiger partial charge in [0.15, 0.2) is 14.1 Å². The van der Waals surface area contributed by atoms with E-state index in [9.17, 15) is 4.79 Å². The van der Waals surface area contributed by atoms with Gasteiger partial charge in [-0.2, -0.15) is 0 Å². The molecule has 0 unspecified atom stereocenters. The summed E-state index contributed by atoms with van der Waals surface area (Å²) >= 11 is 0. The fourth-order valence-electron chi connectivity index (χ4n) is 1.78. The second kappa shape index (κ2) is 7.29. The second-order valence-corrected chi connectivity index (χ2v) is 11.7. The molecular weight excluding hydrogens is 296 g/mol. The predicted molar refractivity (Wildman–Crippen MR) is 91.6 cm³/mol. The molecule has 0 aliphatic carbocycles. The molecule has 0 atom stereocenters. The van der Waals surface area contributed by atoms with Crippen LogP contribution in [-0.4, -0.2) is 34.9 Å². The van der Waals surface area contributed by atoms with Crippen molar-refractivity contribution in [3.8, 4) is 11.5 Å². The van der Waals surface area contributed by atoms with Gasteiger partial charge in [0.2, 0.25) is 0 Å². The van der Waals surface area contributed by atoms with E-state index < -0.39 is 8.32 Å². The van der Waals surface area contributed by atoms with E-state index in [1.54, 1.807) is 32.4 Å². The number of ether oxygens (including phenoxy) is 2. The van der Waals surface area contributed by atoms with Gasteiger partial charge in [-0.15, -0.1) is 0 Å². The number of rotatable bonds is 7. The Morgan fingerprint density at radius 3 is 2.27 bits per heavy atom. The summed E-state index contributed by atoms with van der Waals surface area (Å²) in [6.45, 7) is 11.4. The SMILES string of the molecule is COc1ccc(C(=O)CCO[Si](C)(C)C(C)(C)C)c(OC)c1. The van der Waals surface area contributed by atoms with Gasteiger partial charge in [0.1, 0.15) is 11.5 Å². The third kappa shape index (κ3) is 4.58. The lowest BCUT2D eigenvalue weighted by molar-refractivity contribution is 0.0956. The molecule has 1 aromatic rings. The van der Waals surface area contributed by atoms with Crippen LogP contribution < -0.4 is 9.47 Å². The lowest BCUT2D eigenvalue weighted by Gasteiger charge is -2.36. The molecule has 1 rings (SSSR count). The van der Waals surface area contributed by atoms with Crippen LogP contribution in [0.4, 0.5) is 0 Å². The van der Waals surface area contributed by atoms with Crippen LogP contribution in [0.1, 0.15) is 37.6 Å². The molecule has 0 fully saturated rings. The number of benzene rings is 1. The molecule has 0 heterocycles. The van der Waals surface area contributed by atoms with Crippen LogP contribution in [-0.2, 0) is 4.43 Å². The van der Waals surface area contributed by atoms with Crippen LogP contribution in [0.25, 0.3) is 0 Å². The number of methoxy groups -OCH3 is 2. The lowest BCUT2D eigenvalue weighted by Crippen LogP contribution is -2.41. The summed E-state index contributed by atoms with van der Waals surface area (Å²) in [6.07, 6.45) is 0.356. The molecule has 0 bridgehead atoms. The Hall–Kier alpha value is -1.33. The molecule has 1 aromatic carbocycles. The summed E-state index contributed by atoms with van der Waals surface area (Å²) in [5.74, 6) is 1.24. The quantitative estimate of drug-likeness (QED) is 0.554. The highest BCUT2D eigenvalue weighted by atomic mass is 28.4. The van der Waals surface area contributed by atoms with E-state index in [-0.39, 0.29) is 10.8 Å². The monoisotopic (exact) mass is 324 g/mol. The van der Waals surface area contributed by atoms with E-state index in [0.29, 0.717) is 30.1 Å². The van der Waals surface area contributed by atoms with E-state index in [1.807, 2.05) is 0 Å². The van der Waals surface area contributed by atoms with E-state index in [1.165, 1.54) is 0 Å². The first-order valence-corrected chi connectivity index (χ1v) is 10.4. The maximum atomic E-state index is 12.4. The van der Waals surface area contributed by atoms with E-state index in [4.69, 9.17) is 13.9 Å². The van der Waals surface area contributed by atoms with Gasteiger partial charge >= 0.3 is 0 Å². The van der Waals surface area contributed by atoms with Gasteiger partial charge in [-0.3, -0.25) is 4.79 Å². The Morgan fingerprint density at radius 2 is 1.77 bits per heavy atom. The number of carbonyl (C=O) groups is 1. The highest BCUT2D eigenvalue weighted by molar-refractivity contribution is 6.74. The fourth-order valence-corrected chi connectivity index (χ4v) is 2.82. The number of Topliss-reactive ketones (excluding diaryl/α,β-unsaturated/α-hetero) is 1. The Labute approximate surface area is 134 Å². The number of hydrogen-bond donors (Lipinski definition) is 0. The molecule has 0 aliphatic rings. The molecule has 5 heteroatoms. The van der Waals surface area contributed by atoms with Gasteiger partial charge in [0.05, 0.1) is 19.8 Å². The van der Waals surface area contributed by atoms with Crippen molar-refractivity contribution in [3.63, 3.8) is 0 Å². The van der Waals surface area contributed by atoms with Crippen LogP contribution >= 0.6 is 0 Å². The fraction of sp³-hybridized carbons (Fsp3) is 0.588. The molecule has 0 spiro atoms. The minimum atomic E-state index is -1.81. The van der Waals surface area contributed by atoms with Crippen LogP contribution in [0.15, 0.2) is 18.2 Å². The van der Waals surface area contributed by atoms with E-state index >= 15 is 0 Å². The summed E-state index contributed by atoms with van der Waals surface area (Å²) in [5, 5.41) is 0.147. The minimum Gasteiger partial charge on any atom is -0.497 e. The zero-order valence-electron chi connectivity index (χ0n) is 14.8. The molecule has 0 aromatic heterocycles. The molecule has 0 aliphatic heterocycles. The van der Waals surface area contributed by atoms with E-state index in [2.05, 4.69) is 33.9 Å². The van der Waals surface area contributed by atoms with Gasteiger partial charge in [-0.05, 0) is 30.3 Å². The average molecular weight is 324 g/mol. The Kier molecular flexibility index (Phi) is 6.20. The molecule has 0 amide bonds. The molecular formula is C17H28O4Si. The normalized spacial score (nSPS) is 12.1. The third-order valence-corrected chi connectivity index (χ3v) is 8.85. The predicted octanol–water partition coefficient (Wildman–Crippen LogP) is 4.30. The summed E-state index contributed by atoms with van der Waals surface area (Å²) in [4.78, 5) is 12.4. The Balaban J connectivity index is 2.71. The topological polar surface area (TPSA) is 44.8 Å². The molecule has 0 radical (unpaired) electrons. The summed E-state index contributed by atoms with van der Waals surface area (Å²) in [7, 11) is 1.33. The second-order valence-electron chi connectivity index (χ2n) is 6.85. The van der Waals surface area contributed by atoms with Gasteiger partial charge in [0.25, 0.3) is 0 Å². The standard InChI is InChI=1S/C17H28O4Si/c1-17(2,3)22(6,7)21-11-10-15(18)14-9-8-13(19-4)12-16(14)20-5/h8-9,12H,10-11H2,1-7H3. The molecule has 0 saturated heterocycles. The van der Waals surface area contributed by atoms with Gasteiger partial charge < -0.3 is 13.9 Å². The van der Waals surface area contributed by atoms with Crippen molar-refractivity contribution in [3.05, 3.63) is 23.8 Å². The Bertz CT molecular complexity index is 518. The molecule has 0 saturated carbocycles. The molecule has 4 nitrogen and oxygen atoms in total. The molecule has 22 heavy (non-hydrogen) atoms. The number of ketones is 1. The van der Waals surface area contributed by atoms with Crippen molar-refractivity contribution in [2.45, 2.75) is 45.3 Å². The summed E-state index contributed by atoms with van der Waals surface area (Å²) in [6, 6.07) is 5.23. The van der Waals surface area contributed by atoms with Crippen LogP contribution in [0.3, 0.4) is 0 Å². The summed E-state index contributed by atoms with van der Waals surface area (Å²) in [5.41, 5.74) is 0.571. The van der Waals surface area contributed by atoms with Crippen molar-refractivity contribution in [1.82, 2.24) is 0 Å². The maximum absolute atomic E-state index is 12.4. The minimum absolute atomic E-state index is 0.0261. The summed E-state index contributed by atoms with van der Waals surface area (Å²) < 4.78 is 16.5. The van der Waals surface area contributed by atoms with Gasteiger partial charge in [-0.25, -0.2) is 0 Å². The zero-order chi connectivity index (χ0) is 17.0. The largest absolute Gasteiger partial charge is 0.497 e. The average Bonchev–Trinajstić information content (AvgIpc) is 2.44. The first-order valence-electron chi connectivity index (χ1n) is 7.51. The van der Waals surface area contributed by atoms with Crippen LogP contribution in [0.2, 0.25) is 18.1 Å².